The van der Waals surface area contributed by atoms with Crippen LogP contribution in [0.2, 0.25) is 0 Å². The maximum Gasteiger partial charge on any atom is 0.191 e. The third kappa shape index (κ3) is 9.58. The predicted molar refractivity (Wildman–Crippen MR) is 145 cm³/mol. The van der Waals surface area contributed by atoms with Gasteiger partial charge >= 0.3 is 0 Å². The van der Waals surface area contributed by atoms with Crippen molar-refractivity contribution in [1.29, 1.82) is 0 Å². The minimum atomic E-state index is 0. The number of hydrogen-bond acceptors (Lipinski definition) is 5. The lowest BCUT2D eigenvalue weighted by Gasteiger charge is -2.40. The molecule has 2 unspecified atom stereocenters. The number of nitrogens with one attached hydrogen (secondary N) is 2. The molecule has 0 aliphatic carbocycles. The van der Waals surface area contributed by atoms with Crippen molar-refractivity contribution in [2.24, 2.45) is 16.3 Å². The molecule has 1 aromatic rings. The molecule has 2 fully saturated rings. The number of rotatable bonds is 8. The van der Waals surface area contributed by atoms with E-state index in [4.69, 9.17) is 14.2 Å². The van der Waals surface area contributed by atoms with Crippen LogP contribution in [0.5, 0.6) is 5.75 Å². The fourth-order valence-electron chi connectivity index (χ4n) is 4.51. The van der Waals surface area contributed by atoms with E-state index in [-0.39, 0.29) is 35.5 Å². The van der Waals surface area contributed by atoms with Crippen LogP contribution in [-0.4, -0.2) is 76.6 Å². The second-order valence-corrected chi connectivity index (χ2v) is 9.82. The summed E-state index contributed by atoms with van der Waals surface area (Å²) in [6.45, 7) is 14.5. The van der Waals surface area contributed by atoms with Gasteiger partial charge in [0.15, 0.2) is 5.96 Å². The topological polar surface area (TPSA) is 67.4 Å². The summed E-state index contributed by atoms with van der Waals surface area (Å²) in [6.07, 6.45) is 2.59. The summed E-state index contributed by atoms with van der Waals surface area (Å²) in [7, 11) is 1.82. The molecule has 0 spiro atoms. The van der Waals surface area contributed by atoms with E-state index in [0.717, 1.165) is 64.1 Å². The van der Waals surface area contributed by atoms with Gasteiger partial charge in [-0.1, -0.05) is 32.9 Å². The van der Waals surface area contributed by atoms with Gasteiger partial charge in [0, 0.05) is 52.3 Å². The Labute approximate surface area is 217 Å². The van der Waals surface area contributed by atoms with E-state index in [2.05, 4.69) is 53.4 Å². The standard InChI is InChI=1S/C25H42N4O3.HI/c1-25(2,3)23-21(8-6-13-32-23)19-28-24(26-4)27-18-20-7-5-9-22(17-20)31-16-12-29-10-14-30-15-11-29;/h5,7,9,17,21,23H,6,8,10-16,18-19H2,1-4H3,(H2,26,27,28);1H. The number of nitrogens with zero attached hydrogens (tertiary/aromatic N) is 2. The smallest absolute Gasteiger partial charge is 0.191 e. The van der Waals surface area contributed by atoms with Crippen molar-refractivity contribution in [3.8, 4) is 5.75 Å². The molecule has 2 aliphatic rings. The van der Waals surface area contributed by atoms with E-state index in [9.17, 15) is 0 Å². The van der Waals surface area contributed by atoms with E-state index in [1.807, 2.05) is 19.2 Å². The number of aliphatic imine (C=N–C) groups is 1. The summed E-state index contributed by atoms with van der Waals surface area (Å²) in [5.74, 6) is 2.22. The summed E-state index contributed by atoms with van der Waals surface area (Å²) >= 11 is 0. The average molecular weight is 575 g/mol. The molecule has 0 radical (unpaired) electrons. The first kappa shape index (κ1) is 28.1. The van der Waals surface area contributed by atoms with Crippen LogP contribution < -0.4 is 15.4 Å². The van der Waals surface area contributed by atoms with Crippen LogP contribution >= 0.6 is 24.0 Å². The van der Waals surface area contributed by atoms with Crippen molar-refractivity contribution in [3.05, 3.63) is 29.8 Å². The van der Waals surface area contributed by atoms with Crippen LogP contribution in [0.1, 0.15) is 39.2 Å². The van der Waals surface area contributed by atoms with Gasteiger partial charge in [-0.2, -0.15) is 0 Å². The number of morpholine rings is 1. The maximum absolute atomic E-state index is 6.11. The van der Waals surface area contributed by atoms with Crippen molar-refractivity contribution in [1.82, 2.24) is 15.5 Å². The van der Waals surface area contributed by atoms with Gasteiger partial charge < -0.3 is 24.8 Å². The second-order valence-electron chi connectivity index (χ2n) is 9.82. The van der Waals surface area contributed by atoms with E-state index in [1.165, 1.54) is 12.0 Å². The van der Waals surface area contributed by atoms with Crippen LogP contribution in [-0.2, 0) is 16.0 Å². The summed E-state index contributed by atoms with van der Waals surface area (Å²) in [5.41, 5.74) is 1.32. The van der Waals surface area contributed by atoms with Gasteiger partial charge in [0.1, 0.15) is 12.4 Å². The van der Waals surface area contributed by atoms with Gasteiger partial charge in [-0.15, -0.1) is 24.0 Å². The first-order valence-electron chi connectivity index (χ1n) is 12.0. The zero-order valence-corrected chi connectivity index (χ0v) is 23.1. The third-order valence-corrected chi connectivity index (χ3v) is 6.19. The Balaban J connectivity index is 0.00000385. The van der Waals surface area contributed by atoms with Gasteiger partial charge in [-0.25, -0.2) is 0 Å². The Morgan fingerprint density at radius 1 is 1.18 bits per heavy atom. The highest BCUT2D eigenvalue weighted by Gasteiger charge is 2.35. The minimum absolute atomic E-state index is 0. The van der Waals surface area contributed by atoms with Crippen molar-refractivity contribution >= 4 is 29.9 Å². The van der Waals surface area contributed by atoms with Gasteiger partial charge in [-0.05, 0) is 36.0 Å². The van der Waals surface area contributed by atoms with Gasteiger partial charge in [0.2, 0.25) is 0 Å². The maximum atomic E-state index is 6.11. The van der Waals surface area contributed by atoms with Crippen molar-refractivity contribution < 1.29 is 14.2 Å². The molecule has 2 saturated heterocycles. The number of guanidine groups is 1. The second kappa shape index (κ2) is 14.3. The molecule has 0 amide bonds. The third-order valence-electron chi connectivity index (χ3n) is 6.19. The van der Waals surface area contributed by atoms with Crippen LogP contribution in [0.3, 0.4) is 0 Å². The lowest BCUT2D eigenvalue weighted by molar-refractivity contribution is -0.0835. The summed E-state index contributed by atoms with van der Waals surface area (Å²) in [4.78, 5) is 6.79. The highest BCUT2D eigenvalue weighted by atomic mass is 127. The Morgan fingerprint density at radius 2 is 1.97 bits per heavy atom. The number of ether oxygens (including phenoxy) is 3. The van der Waals surface area contributed by atoms with Gasteiger partial charge in [0.05, 0.1) is 19.3 Å². The van der Waals surface area contributed by atoms with Gasteiger partial charge in [-0.3, -0.25) is 9.89 Å². The fourth-order valence-corrected chi connectivity index (χ4v) is 4.51. The predicted octanol–water partition coefficient (Wildman–Crippen LogP) is 3.52. The average Bonchev–Trinajstić information content (AvgIpc) is 2.80. The van der Waals surface area contributed by atoms with E-state index in [1.54, 1.807) is 0 Å². The molecule has 8 heteroatoms. The molecule has 7 nitrogen and oxygen atoms in total. The molecule has 188 valence electrons. The monoisotopic (exact) mass is 574 g/mol. The Morgan fingerprint density at radius 3 is 2.70 bits per heavy atom. The number of benzene rings is 1. The molecule has 2 atom stereocenters. The zero-order valence-electron chi connectivity index (χ0n) is 20.8. The van der Waals surface area contributed by atoms with Crippen molar-refractivity contribution in [2.45, 2.75) is 46.3 Å². The van der Waals surface area contributed by atoms with E-state index >= 15 is 0 Å². The molecule has 2 aliphatic heterocycles. The first-order chi connectivity index (χ1) is 15.5. The fraction of sp³-hybridized carbons (Fsp3) is 0.720. The SMILES string of the molecule is CN=C(NCc1cccc(OCCN2CCOCC2)c1)NCC1CCCOC1C(C)(C)C.I. The van der Waals surface area contributed by atoms with E-state index < -0.39 is 0 Å². The Bertz CT molecular complexity index is 720. The highest BCUT2D eigenvalue weighted by Crippen LogP contribution is 2.33. The van der Waals surface area contributed by atoms with Gasteiger partial charge in [0.25, 0.3) is 0 Å². The number of hydrogen-bond donors (Lipinski definition) is 2. The molecular weight excluding hydrogens is 531 g/mol. The molecule has 3 rings (SSSR count). The Hall–Kier alpha value is -1.10. The lowest BCUT2D eigenvalue weighted by Crippen LogP contribution is -2.47. The summed E-state index contributed by atoms with van der Waals surface area (Å²) in [6, 6.07) is 8.28. The lowest BCUT2D eigenvalue weighted by atomic mass is 9.78. The molecule has 2 N–H and O–H groups in total. The molecule has 0 bridgehead atoms. The van der Waals surface area contributed by atoms with Crippen LogP contribution in [0, 0.1) is 11.3 Å². The molecular formula is C25H43IN4O3. The number of halogens is 1. The van der Waals surface area contributed by atoms with Crippen molar-refractivity contribution in [2.75, 3.05) is 59.7 Å². The van der Waals surface area contributed by atoms with Crippen LogP contribution in [0.25, 0.3) is 0 Å². The quantitative estimate of drug-likeness (QED) is 0.282. The molecule has 1 aromatic carbocycles. The molecule has 2 heterocycles. The van der Waals surface area contributed by atoms with Crippen molar-refractivity contribution in [3.63, 3.8) is 0 Å². The summed E-state index contributed by atoms with van der Waals surface area (Å²) in [5, 5.41) is 6.94. The Kier molecular flexibility index (Phi) is 12.2. The van der Waals surface area contributed by atoms with Crippen LogP contribution in [0.4, 0.5) is 0 Å². The normalized spacial score (nSPS) is 22.4. The van der Waals surface area contributed by atoms with Crippen LogP contribution in [0.15, 0.2) is 29.3 Å². The largest absolute Gasteiger partial charge is 0.492 e. The molecule has 33 heavy (non-hydrogen) atoms. The molecule has 0 saturated carbocycles. The molecule has 0 aromatic heterocycles. The van der Waals surface area contributed by atoms with E-state index in [0.29, 0.717) is 19.1 Å². The summed E-state index contributed by atoms with van der Waals surface area (Å²) < 4.78 is 17.5. The zero-order chi connectivity index (χ0) is 22.8. The first-order valence-corrected chi connectivity index (χ1v) is 12.0. The highest BCUT2D eigenvalue weighted by molar-refractivity contribution is 14.0. The minimum Gasteiger partial charge on any atom is -0.492 e.